The van der Waals surface area contributed by atoms with Crippen LogP contribution in [0.5, 0.6) is 5.75 Å². The summed E-state index contributed by atoms with van der Waals surface area (Å²) < 4.78 is 24.6. The second-order valence-corrected chi connectivity index (χ2v) is 19.0. The molecule has 0 radical (unpaired) electrons. The molecule has 2 aromatic carbocycles. The molecule has 15 nitrogen and oxygen atoms in total. The van der Waals surface area contributed by atoms with Crippen LogP contribution < -0.4 is 30.7 Å². The number of anilines is 5. The Balaban J connectivity index is 0.683. The number of nitrogens with zero attached hydrogens (tertiary/aromatic N) is 9. The molecule has 0 saturated carbocycles. The van der Waals surface area contributed by atoms with Gasteiger partial charge >= 0.3 is 6.03 Å². The van der Waals surface area contributed by atoms with Gasteiger partial charge in [-0.05, 0) is 106 Å². The van der Waals surface area contributed by atoms with Crippen molar-refractivity contribution in [1.82, 2.24) is 30.0 Å². The highest BCUT2D eigenvalue weighted by Crippen LogP contribution is 2.44. The number of aromatic nitrogens is 4. The number of halogens is 1. The average Bonchev–Trinajstić information content (AvgIpc) is 3.95. The number of para-hydroxylation sites is 1. The predicted molar refractivity (Wildman–Crippen MR) is 244 cm³/mol. The number of nitrogen functional groups attached to an aromatic ring is 1. The lowest BCUT2D eigenvalue weighted by Gasteiger charge is -2.44. The number of carbonyl (C=O) groups excluding carboxylic acids is 2. The maximum atomic E-state index is 15.6. The van der Waals surface area contributed by atoms with Crippen molar-refractivity contribution in [3.05, 3.63) is 78.4 Å². The molecule has 334 valence electrons. The Morgan fingerprint density at radius 1 is 0.891 bits per heavy atom. The van der Waals surface area contributed by atoms with Crippen molar-refractivity contribution in [1.29, 1.82) is 0 Å². The van der Waals surface area contributed by atoms with E-state index in [-0.39, 0.29) is 47.6 Å². The molecule has 2 bridgehead atoms. The number of hydrogen-bond acceptors (Lipinski definition) is 12. The molecule has 4 N–H and O–H groups in total. The van der Waals surface area contributed by atoms with Gasteiger partial charge < -0.3 is 39.7 Å². The zero-order chi connectivity index (χ0) is 43.7. The van der Waals surface area contributed by atoms with Crippen molar-refractivity contribution in [2.24, 2.45) is 5.92 Å². The Morgan fingerprint density at radius 3 is 2.44 bits per heavy atom. The minimum atomic E-state index is -0.404. The number of fused-ring (bicyclic) bond motifs is 3. The lowest BCUT2D eigenvalue weighted by Crippen LogP contribution is -2.54. The number of urea groups is 1. The second-order valence-electron chi connectivity index (χ2n) is 19.0. The molecular formula is C48H56FN11O4. The summed E-state index contributed by atoms with van der Waals surface area (Å²) in [4.78, 5) is 40.3. The molecule has 1 spiro atoms. The zero-order valence-corrected chi connectivity index (χ0v) is 36.3. The average molecular weight is 870 g/mol. The molecule has 11 rings (SSSR count). The molecule has 3 atom stereocenters. The van der Waals surface area contributed by atoms with Crippen molar-refractivity contribution in [2.45, 2.75) is 82.0 Å². The van der Waals surface area contributed by atoms with E-state index in [2.05, 4.69) is 58.9 Å². The number of rotatable bonds is 8. The van der Waals surface area contributed by atoms with E-state index in [4.69, 9.17) is 15.5 Å². The van der Waals surface area contributed by atoms with E-state index in [0.29, 0.717) is 47.5 Å². The van der Waals surface area contributed by atoms with Crippen LogP contribution in [0.1, 0.15) is 63.0 Å². The first kappa shape index (κ1) is 40.8. The standard InChI is InChI=1S/C48H56FN11O4/c1-30-25-59(46-38(30)20-35(24-51-46)58-17-12-44(62)52-47(58)63)36-23-48(64-29-36)13-18-55(19-14-48)26-31-10-15-56(16-11-31)41-21-32(8-9-39(41)49)60-33-6-7-34(60)28-57(27-33)42-22-40(53-54-45(42)50)37-4-2-3-5-43(37)61/h2-5,8-9,20-22,24-25,31,33-34,36,61H,6-7,10-19,23,26-29H2,1H3,(H2,50,54)(H,52,62,63)/t33?,34?,36-/m0/s1. The fourth-order valence-corrected chi connectivity index (χ4v) is 11.6. The number of piperidine rings is 2. The quantitative estimate of drug-likeness (QED) is 0.161. The van der Waals surface area contributed by atoms with Crippen LogP contribution in [-0.2, 0) is 9.53 Å². The molecule has 16 heteroatoms. The summed E-state index contributed by atoms with van der Waals surface area (Å²) in [6, 6.07) is 17.0. The van der Waals surface area contributed by atoms with Gasteiger partial charge in [0.05, 0.1) is 47.2 Å². The topological polar surface area (TPSA) is 161 Å². The van der Waals surface area contributed by atoms with Crippen molar-refractivity contribution in [3.8, 4) is 17.0 Å². The molecule has 0 aliphatic carbocycles. The SMILES string of the molecule is Cc1cn([C@@H]2COC3(CCN(CC4CCN(c5cc(N6C7CCC6CN(c6cc(-c8ccccc8O)nnc6N)C7)ccc5F)CC4)CC3)C2)c2ncc(N3CCC(=O)NC3=O)cc12. The van der Waals surface area contributed by atoms with Crippen LogP contribution in [0.15, 0.2) is 67.0 Å². The fourth-order valence-electron chi connectivity index (χ4n) is 11.6. The largest absolute Gasteiger partial charge is 0.507 e. The number of benzene rings is 2. The van der Waals surface area contributed by atoms with E-state index < -0.39 is 6.03 Å². The minimum absolute atomic E-state index is 0.136. The number of imide groups is 1. The van der Waals surface area contributed by atoms with Gasteiger partial charge in [-0.3, -0.25) is 15.0 Å². The number of carbonyl (C=O) groups is 2. The number of amides is 3. The highest BCUT2D eigenvalue weighted by atomic mass is 19.1. The number of phenolic OH excluding ortho intramolecular Hbond substituents is 1. The monoisotopic (exact) mass is 869 g/mol. The molecule has 6 aliphatic heterocycles. The summed E-state index contributed by atoms with van der Waals surface area (Å²) in [5.74, 6) is 0.689. The van der Waals surface area contributed by atoms with E-state index in [1.165, 1.54) is 0 Å². The van der Waals surface area contributed by atoms with Gasteiger partial charge in [0.25, 0.3) is 0 Å². The number of nitrogens with one attached hydrogen (secondary N) is 1. The van der Waals surface area contributed by atoms with E-state index in [0.717, 1.165) is 119 Å². The molecule has 6 saturated heterocycles. The van der Waals surface area contributed by atoms with Crippen LogP contribution in [0.3, 0.4) is 0 Å². The van der Waals surface area contributed by atoms with Gasteiger partial charge in [0.2, 0.25) is 5.91 Å². The fraction of sp³-hybridized carbons (Fsp3) is 0.479. The number of phenols is 1. The Morgan fingerprint density at radius 2 is 1.67 bits per heavy atom. The smallest absolute Gasteiger partial charge is 0.328 e. The number of aryl methyl sites for hydroxylation is 1. The van der Waals surface area contributed by atoms with Crippen molar-refractivity contribution in [3.63, 3.8) is 0 Å². The maximum Gasteiger partial charge on any atom is 0.328 e. The molecule has 3 aromatic heterocycles. The van der Waals surface area contributed by atoms with Gasteiger partial charge in [-0.25, -0.2) is 14.2 Å². The zero-order valence-electron chi connectivity index (χ0n) is 36.3. The summed E-state index contributed by atoms with van der Waals surface area (Å²) >= 11 is 0. The third-order valence-electron chi connectivity index (χ3n) is 15.1. The Kier molecular flexibility index (Phi) is 10.3. The molecule has 6 fully saturated rings. The van der Waals surface area contributed by atoms with Gasteiger partial charge in [-0.15, -0.1) is 10.2 Å². The first-order valence-electron chi connectivity index (χ1n) is 23.0. The molecule has 6 aliphatic rings. The predicted octanol–water partition coefficient (Wildman–Crippen LogP) is 6.25. The Labute approximate surface area is 372 Å². The maximum absolute atomic E-state index is 15.6. The molecule has 64 heavy (non-hydrogen) atoms. The van der Waals surface area contributed by atoms with Crippen LogP contribution in [-0.4, -0.2) is 118 Å². The molecule has 2 unspecified atom stereocenters. The summed E-state index contributed by atoms with van der Waals surface area (Å²) in [6.07, 6.45) is 11.3. The number of pyridine rings is 1. The van der Waals surface area contributed by atoms with Crippen LogP contribution in [0.4, 0.5) is 37.8 Å². The molecule has 9 heterocycles. The number of nitrogens with two attached hydrogens (primary N) is 1. The Hall–Kier alpha value is -6.00. The summed E-state index contributed by atoms with van der Waals surface area (Å²) in [7, 11) is 0. The van der Waals surface area contributed by atoms with Gasteiger partial charge in [-0.1, -0.05) is 12.1 Å². The van der Waals surface area contributed by atoms with Gasteiger partial charge in [0.1, 0.15) is 17.2 Å². The summed E-state index contributed by atoms with van der Waals surface area (Å²) in [5.41, 5.74) is 12.8. The number of piperazine rings is 1. The number of likely N-dealkylation sites (tertiary alicyclic amines) is 1. The lowest BCUT2D eigenvalue weighted by atomic mass is 9.86. The first-order chi connectivity index (χ1) is 31.1. The lowest BCUT2D eigenvalue weighted by molar-refractivity contribution is -0.120. The number of hydrogen-bond donors (Lipinski definition) is 3. The first-order valence-corrected chi connectivity index (χ1v) is 23.0. The molecular weight excluding hydrogens is 814 g/mol. The van der Waals surface area contributed by atoms with Gasteiger partial charge in [0, 0.05) is 93.7 Å². The highest BCUT2D eigenvalue weighted by molar-refractivity contribution is 6.06. The number of aromatic hydroxyl groups is 1. The summed E-state index contributed by atoms with van der Waals surface area (Å²) in [6.45, 7) is 9.37. The van der Waals surface area contributed by atoms with Crippen LogP contribution in [0.2, 0.25) is 0 Å². The van der Waals surface area contributed by atoms with Crippen LogP contribution in [0, 0.1) is 18.7 Å². The van der Waals surface area contributed by atoms with Crippen LogP contribution >= 0.6 is 0 Å². The van der Waals surface area contributed by atoms with Crippen molar-refractivity contribution >= 4 is 51.5 Å². The van der Waals surface area contributed by atoms with E-state index in [1.54, 1.807) is 29.3 Å². The third kappa shape index (κ3) is 7.43. The van der Waals surface area contributed by atoms with Crippen molar-refractivity contribution in [2.75, 3.05) is 84.3 Å². The second kappa shape index (κ2) is 16.2. The van der Waals surface area contributed by atoms with Gasteiger partial charge in [0.15, 0.2) is 5.82 Å². The molecule has 5 aromatic rings. The van der Waals surface area contributed by atoms with E-state index >= 15 is 4.39 Å². The third-order valence-corrected chi connectivity index (χ3v) is 15.1. The van der Waals surface area contributed by atoms with Crippen LogP contribution in [0.25, 0.3) is 22.3 Å². The molecule has 3 amide bonds. The minimum Gasteiger partial charge on any atom is -0.507 e. The summed E-state index contributed by atoms with van der Waals surface area (Å²) in [5, 5.41) is 22.4. The highest BCUT2D eigenvalue weighted by Gasteiger charge is 2.45. The number of ether oxygens (including phenoxy) is 1. The Bertz CT molecular complexity index is 2590. The normalized spacial score (nSPS) is 24.1. The van der Waals surface area contributed by atoms with Crippen molar-refractivity contribution < 1.29 is 23.8 Å². The van der Waals surface area contributed by atoms with E-state index in [1.807, 2.05) is 30.3 Å². The van der Waals surface area contributed by atoms with E-state index in [9.17, 15) is 14.7 Å². The van der Waals surface area contributed by atoms with Gasteiger partial charge in [-0.2, -0.15) is 0 Å².